The SMILES string of the molecule is COc1ccc(-c2ccc3c(N4CCOC[C@@H]4C)nc(N(CCO)C(C)C)nc3n2)cc1CO. The molecule has 0 amide bonds. The highest BCUT2D eigenvalue weighted by Crippen LogP contribution is 2.32. The number of morpholine rings is 1. The molecule has 0 aliphatic carbocycles. The number of benzene rings is 1. The van der Waals surface area contributed by atoms with E-state index in [1.807, 2.05) is 35.2 Å². The first-order valence-corrected chi connectivity index (χ1v) is 11.7. The Hall–Kier alpha value is -3.01. The van der Waals surface area contributed by atoms with Gasteiger partial charge < -0.3 is 29.5 Å². The van der Waals surface area contributed by atoms with Gasteiger partial charge in [-0.2, -0.15) is 9.97 Å². The Morgan fingerprint density at radius 1 is 1.18 bits per heavy atom. The van der Waals surface area contributed by atoms with Crippen LogP contribution in [0.2, 0.25) is 0 Å². The first-order valence-electron chi connectivity index (χ1n) is 11.7. The highest BCUT2D eigenvalue weighted by molar-refractivity contribution is 5.90. The molecule has 1 aliphatic heterocycles. The molecular formula is C25H33N5O4. The van der Waals surface area contributed by atoms with Gasteiger partial charge >= 0.3 is 0 Å². The highest BCUT2D eigenvalue weighted by Gasteiger charge is 2.25. The molecular weight excluding hydrogens is 434 g/mol. The van der Waals surface area contributed by atoms with Crippen LogP contribution in [0, 0.1) is 0 Å². The maximum Gasteiger partial charge on any atom is 0.229 e. The summed E-state index contributed by atoms with van der Waals surface area (Å²) in [4.78, 5) is 18.9. The van der Waals surface area contributed by atoms with Crippen LogP contribution in [-0.4, -0.2) is 77.3 Å². The monoisotopic (exact) mass is 467 g/mol. The second-order valence-electron chi connectivity index (χ2n) is 8.73. The molecule has 2 aromatic heterocycles. The quantitative estimate of drug-likeness (QED) is 0.517. The molecule has 2 N–H and O–H groups in total. The average Bonchev–Trinajstić information content (AvgIpc) is 2.86. The Bertz CT molecular complexity index is 1140. The number of hydrogen-bond donors (Lipinski definition) is 2. The fourth-order valence-corrected chi connectivity index (χ4v) is 4.29. The normalized spacial score (nSPS) is 16.3. The van der Waals surface area contributed by atoms with Crippen LogP contribution in [0.5, 0.6) is 5.75 Å². The van der Waals surface area contributed by atoms with Crippen molar-refractivity contribution in [3.63, 3.8) is 0 Å². The lowest BCUT2D eigenvalue weighted by molar-refractivity contribution is 0.0987. The number of aliphatic hydroxyl groups excluding tert-OH is 2. The third kappa shape index (κ3) is 4.77. The molecule has 0 unspecified atom stereocenters. The van der Waals surface area contributed by atoms with Gasteiger partial charge in [0.1, 0.15) is 11.6 Å². The number of hydrogen-bond acceptors (Lipinski definition) is 9. The highest BCUT2D eigenvalue weighted by atomic mass is 16.5. The minimum absolute atomic E-state index is 0.00607. The van der Waals surface area contributed by atoms with Crippen LogP contribution in [0.3, 0.4) is 0 Å². The minimum Gasteiger partial charge on any atom is -0.496 e. The summed E-state index contributed by atoms with van der Waals surface area (Å²) in [6.07, 6.45) is 0. The van der Waals surface area contributed by atoms with Gasteiger partial charge in [0.05, 0.1) is 50.7 Å². The van der Waals surface area contributed by atoms with Gasteiger partial charge in [0.25, 0.3) is 0 Å². The summed E-state index contributed by atoms with van der Waals surface area (Å²) in [5, 5.41) is 20.2. The van der Waals surface area contributed by atoms with Crippen LogP contribution >= 0.6 is 0 Å². The maximum atomic E-state index is 9.74. The zero-order valence-corrected chi connectivity index (χ0v) is 20.2. The third-order valence-electron chi connectivity index (χ3n) is 6.14. The number of pyridine rings is 1. The number of anilines is 2. The van der Waals surface area contributed by atoms with E-state index in [1.54, 1.807) is 7.11 Å². The number of aromatic nitrogens is 3. The number of ether oxygens (including phenoxy) is 2. The van der Waals surface area contributed by atoms with E-state index in [0.717, 1.165) is 29.0 Å². The molecule has 3 heterocycles. The molecule has 34 heavy (non-hydrogen) atoms. The molecule has 1 fully saturated rings. The molecule has 0 radical (unpaired) electrons. The average molecular weight is 468 g/mol. The predicted molar refractivity (Wildman–Crippen MR) is 132 cm³/mol. The number of aliphatic hydroxyl groups is 2. The third-order valence-corrected chi connectivity index (χ3v) is 6.14. The van der Waals surface area contributed by atoms with Gasteiger partial charge in [-0.05, 0) is 51.1 Å². The van der Waals surface area contributed by atoms with Gasteiger partial charge in [-0.1, -0.05) is 0 Å². The van der Waals surface area contributed by atoms with Crippen LogP contribution in [0.25, 0.3) is 22.3 Å². The molecule has 0 saturated carbocycles. The van der Waals surface area contributed by atoms with Crippen molar-refractivity contribution in [1.82, 2.24) is 15.0 Å². The lowest BCUT2D eigenvalue weighted by atomic mass is 10.1. The van der Waals surface area contributed by atoms with E-state index in [9.17, 15) is 10.2 Å². The van der Waals surface area contributed by atoms with E-state index in [2.05, 4.69) is 25.7 Å². The molecule has 9 nitrogen and oxygen atoms in total. The molecule has 1 aliphatic rings. The Labute approximate surface area is 200 Å². The molecule has 1 saturated heterocycles. The molecule has 0 bridgehead atoms. The number of fused-ring (bicyclic) bond motifs is 1. The molecule has 9 heteroatoms. The predicted octanol–water partition coefficient (Wildman–Crippen LogP) is 2.62. The Kier molecular flexibility index (Phi) is 7.45. The van der Waals surface area contributed by atoms with E-state index in [0.29, 0.717) is 42.7 Å². The summed E-state index contributed by atoms with van der Waals surface area (Å²) < 4.78 is 11.0. The summed E-state index contributed by atoms with van der Waals surface area (Å²) in [5.41, 5.74) is 2.89. The minimum atomic E-state index is -0.125. The van der Waals surface area contributed by atoms with Crippen LogP contribution in [0.1, 0.15) is 26.3 Å². The first kappa shape index (κ1) is 24.1. The number of rotatable bonds is 8. The number of nitrogens with zero attached hydrogens (tertiary/aromatic N) is 5. The fourth-order valence-electron chi connectivity index (χ4n) is 4.29. The van der Waals surface area contributed by atoms with Gasteiger partial charge in [0.2, 0.25) is 5.95 Å². The second kappa shape index (κ2) is 10.5. The van der Waals surface area contributed by atoms with Crippen molar-refractivity contribution in [2.24, 2.45) is 0 Å². The Morgan fingerprint density at radius 2 is 2.00 bits per heavy atom. The van der Waals surface area contributed by atoms with E-state index in [-0.39, 0.29) is 25.3 Å². The van der Waals surface area contributed by atoms with E-state index >= 15 is 0 Å². The van der Waals surface area contributed by atoms with E-state index in [1.165, 1.54) is 0 Å². The topological polar surface area (TPSA) is 104 Å². The van der Waals surface area contributed by atoms with Crippen LogP contribution < -0.4 is 14.5 Å². The molecule has 4 rings (SSSR count). The van der Waals surface area contributed by atoms with Crippen molar-refractivity contribution in [2.45, 2.75) is 39.5 Å². The van der Waals surface area contributed by atoms with Crippen molar-refractivity contribution in [1.29, 1.82) is 0 Å². The van der Waals surface area contributed by atoms with Crippen molar-refractivity contribution in [2.75, 3.05) is 49.8 Å². The molecule has 1 atom stereocenters. The lowest BCUT2D eigenvalue weighted by Gasteiger charge is -2.35. The summed E-state index contributed by atoms with van der Waals surface area (Å²) in [5.74, 6) is 2.00. The Morgan fingerprint density at radius 3 is 2.68 bits per heavy atom. The van der Waals surface area contributed by atoms with Crippen LogP contribution in [-0.2, 0) is 11.3 Å². The summed E-state index contributed by atoms with van der Waals surface area (Å²) in [6, 6.07) is 9.87. The van der Waals surface area contributed by atoms with E-state index in [4.69, 9.17) is 24.4 Å². The second-order valence-corrected chi connectivity index (χ2v) is 8.73. The number of methoxy groups -OCH3 is 1. The maximum absolute atomic E-state index is 9.74. The lowest BCUT2D eigenvalue weighted by Crippen LogP contribution is -2.44. The zero-order valence-electron chi connectivity index (χ0n) is 20.2. The van der Waals surface area contributed by atoms with Gasteiger partial charge in [0, 0.05) is 30.3 Å². The van der Waals surface area contributed by atoms with Gasteiger partial charge in [-0.3, -0.25) is 0 Å². The van der Waals surface area contributed by atoms with E-state index < -0.39 is 0 Å². The summed E-state index contributed by atoms with van der Waals surface area (Å²) >= 11 is 0. The largest absolute Gasteiger partial charge is 0.496 e. The first-order chi connectivity index (χ1) is 16.5. The van der Waals surface area contributed by atoms with Gasteiger partial charge in [-0.25, -0.2) is 4.98 Å². The Balaban J connectivity index is 1.87. The summed E-state index contributed by atoms with van der Waals surface area (Å²) in [7, 11) is 1.59. The molecule has 3 aromatic rings. The zero-order chi connectivity index (χ0) is 24.2. The molecule has 182 valence electrons. The van der Waals surface area contributed by atoms with Crippen LogP contribution in [0.4, 0.5) is 11.8 Å². The fraction of sp³-hybridized carbons (Fsp3) is 0.480. The van der Waals surface area contributed by atoms with Crippen molar-refractivity contribution >= 4 is 22.8 Å². The van der Waals surface area contributed by atoms with Crippen molar-refractivity contribution < 1.29 is 19.7 Å². The smallest absolute Gasteiger partial charge is 0.229 e. The standard InChI is InChI=1S/C25H33N5O4/c1-16(2)29(9-11-31)25-27-23-20(24(28-25)30-10-12-34-15-17(30)3)6-7-21(26-23)18-5-8-22(33-4)19(13-18)14-32/h5-8,13,16-17,31-32H,9-12,14-15H2,1-4H3/t17-/m0/s1. The van der Waals surface area contributed by atoms with Gasteiger partial charge in [-0.15, -0.1) is 0 Å². The van der Waals surface area contributed by atoms with Gasteiger partial charge in [0.15, 0.2) is 5.65 Å². The summed E-state index contributed by atoms with van der Waals surface area (Å²) in [6.45, 7) is 8.54. The van der Waals surface area contributed by atoms with Crippen molar-refractivity contribution in [3.8, 4) is 17.0 Å². The molecule has 0 spiro atoms. The van der Waals surface area contributed by atoms with Crippen molar-refractivity contribution in [3.05, 3.63) is 35.9 Å². The molecule has 1 aromatic carbocycles. The van der Waals surface area contributed by atoms with Crippen LogP contribution in [0.15, 0.2) is 30.3 Å².